The Morgan fingerprint density at radius 2 is 1.93 bits per heavy atom. The predicted octanol–water partition coefficient (Wildman–Crippen LogP) is 2.49. The molecule has 0 aliphatic carbocycles. The largest absolute Gasteiger partial charge is 0.356 e. The maximum atomic E-state index is 4.45. The highest BCUT2D eigenvalue weighted by atomic mass is 127. The first-order valence-electron chi connectivity index (χ1n) is 9.61. The third-order valence-electron chi connectivity index (χ3n) is 4.81. The van der Waals surface area contributed by atoms with Crippen molar-refractivity contribution in [3.63, 3.8) is 0 Å². The first kappa shape index (κ1) is 22.4. The summed E-state index contributed by atoms with van der Waals surface area (Å²) < 4.78 is 1.84. The number of rotatable bonds is 6. The van der Waals surface area contributed by atoms with E-state index in [1.165, 1.54) is 11.1 Å². The van der Waals surface area contributed by atoms with Crippen LogP contribution in [0.3, 0.4) is 0 Å². The maximum absolute atomic E-state index is 4.45. The van der Waals surface area contributed by atoms with Gasteiger partial charge in [0.2, 0.25) is 0 Å². The Labute approximate surface area is 185 Å². The molecule has 3 rings (SSSR count). The molecular formula is C21H31IN6. The molecule has 1 aliphatic rings. The van der Waals surface area contributed by atoms with Gasteiger partial charge in [-0.25, -0.2) is 0 Å². The summed E-state index contributed by atoms with van der Waals surface area (Å²) in [6, 6.07) is 10.5. The lowest BCUT2D eigenvalue weighted by atomic mass is 10.2. The number of benzene rings is 1. The standard InChI is InChI=1S/C21H30N6.HI/c1-22-21(23-11-10-20-17-24-25(2)18-20)27-15-13-26(14-16-27)12-6-9-19-7-4-3-5-8-19;/h3-9,17-18H,10-16H2,1-2H3,(H,22,23);1H/b9-6+;. The molecule has 0 bridgehead atoms. The zero-order valence-electron chi connectivity index (χ0n) is 16.8. The van der Waals surface area contributed by atoms with E-state index < -0.39 is 0 Å². The van der Waals surface area contributed by atoms with Crippen LogP contribution in [0.25, 0.3) is 6.08 Å². The van der Waals surface area contributed by atoms with Gasteiger partial charge in [-0.3, -0.25) is 14.6 Å². The lowest BCUT2D eigenvalue weighted by Gasteiger charge is -2.36. The second kappa shape index (κ2) is 11.9. The Hall–Kier alpha value is -1.87. The van der Waals surface area contributed by atoms with E-state index >= 15 is 0 Å². The molecule has 28 heavy (non-hydrogen) atoms. The summed E-state index contributed by atoms with van der Waals surface area (Å²) >= 11 is 0. The van der Waals surface area contributed by atoms with Crippen molar-refractivity contribution in [1.29, 1.82) is 0 Å². The second-order valence-corrected chi connectivity index (χ2v) is 6.85. The minimum atomic E-state index is 0. The Kier molecular flexibility index (Phi) is 9.49. The van der Waals surface area contributed by atoms with Gasteiger partial charge in [0.05, 0.1) is 6.20 Å². The molecule has 2 heterocycles. The molecule has 0 atom stereocenters. The average molecular weight is 494 g/mol. The van der Waals surface area contributed by atoms with Crippen molar-refractivity contribution in [3.8, 4) is 0 Å². The third kappa shape index (κ3) is 6.94. The lowest BCUT2D eigenvalue weighted by molar-refractivity contribution is 0.194. The van der Waals surface area contributed by atoms with Crippen LogP contribution >= 0.6 is 24.0 Å². The quantitative estimate of drug-likeness (QED) is 0.381. The van der Waals surface area contributed by atoms with Gasteiger partial charge in [0.1, 0.15) is 0 Å². The Balaban J connectivity index is 0.00000280. The van der Waals surface area contributed by atoms with Crippen LogP contribution in [0.5, 0.6) is 0 Å². The van der Waals surface area contributed by atoms with Crippen LogP contribution in [0, 0.1) is 0 Å². The van der Waals surface area contributed by atoms with E-state index in [1.807, 2.05) is 31.0 Å². The zero-order valence-corrected chi connectivity index (χ0v) is 19.1. The van der Waals surface area contributed by atoms with Crippen molar-refractivity contribution >= 4 is 36.0 Å². The van der Waals surface area contributed by atoms with Crippen molar-refractivity contribution in [1.82, 2.24) is 24.9 Å². The Morgan fingerprint density at radius 3 is 2.57 bits per heavy atom. The third-order valence-corrected chi connectivity index (χ3v) is 4.81. The average Bonchev–Trinajstić information content (AvgIpc) is 3.12. The van der Waals surface area contributed by atoms with Crippen molar-refractivity contribution in [3.05, 3.63) is 59.9 Å². The molecule has 0 saturated carbocycles. The highest BCUT2D eigenvalue weighted by molar-refractivity contribution is 14.0. The summed E-state index contributed by atoms with van der Waals surface area (Å²) in [5.41, 5.74) is 2.50. The monoisotopic (exact) mass is 494 g/mol. The minimum Gasteiger partial charge on any atom is -0.356 e. The van der Waals surface area contributed by atoms with Crippen molar-refractivity contribution in [2.45, 2.75) is 6.42 Å². The molecule has 1 saturated heterocycles. The first-order valence-corrected chi connectivity index (χ1v) is 9.61. The molecule has 7 heteroatoms. The predicted molar refractivity (Wildman–Crippen MR) is 127 cm³/mol. The van der Waals surface area contributed by atoms with Gasteiger partial charge in [-0.15, -0.1) is 24.0 Å². The molecule has 1 aromatic carbocycles. The molecule has 152 valence electrons. The first-order chi connectivity index (χ1) is 13.2. The minimum absolute atomic E-state index is 0. The number of guanidine groups is 1. The summed E-state index contributed by atoms with van der Waals surface area (Å²) in [6.45, 7) is 6.00. The fraction of sp³-hybridized carbons (Fsp3) is 0.429. The molecule has 6 nitrogen and oxygen atoms in total. The van der Waals surface area contributed by atoms with Crippen molar-refractivity contribution < 1.29 is 0 Å². The summed E-state index contributed by atoms with van der Waals surface area (Å²) in [5.74, 6) is 0.998. The SMILES string of the molecule is CN=C(NCCc1cnn(C)c1)N1CCN(C/C=C/c2ccccc2)CC1.I. The summed E-state index contributed by atoms with van der Waals surface area (Å²) in [4.78, 5) is 9.29. The molecule has 1 fully saturated rings. The molecular weight excluding hydrogens is 463 g/mol. The molecule has 1 aliphatic heterocycles. The van der Waals surface area contributed by atoms with Crippen molar-refractivity contribution in [2.75, 3.05) is 46.3 Å². The van der Waals surface area contributed by atoms with Gasteiger partial charge in [-0.1, -0.05) is 42.5 Å². The van der Waals surface area contributed by atoms with Crippen LogP contribution < -0.4 is 5.32 Å². The van der Waals surface area contributed by atoms with E-state index in [9.17, 15) is 0 Å². The molecule has 0 radical (unpaired) electrons. The van der Waals surface area contributed by atoms with E-state index in [4.69, 9.17) is 0 Å². The summed E-state index contributed by atoms with van der Waals surface area (Å²) in [5, 5.41) is 7.70. The van der Waals surface area contributed by atoms with Crippen LogP contribution in [-0.2, 0) is 13.5 Å². The fourth-order valence-corrected chi connectivity index (χ4v) is 3.30. The number of halogens is 1. The number of nitrogens with zero attached hydrogens (tertiary/aromatic N) is 5. The number of piperazine rings is 1. The van der Waals surface area contributed by atoms with Gasteiger partial charge in [-0.05, 0) is 17.5 Å². The van der Waals surface area contributed by atoms with Crippen LogP contribution in [0.2, 0.25) is 0 Å². The molecule has 0 amide bonds. The van der Waals surface area contributed by atoms with Gasteiger partial charge in [0, 0.05) is 59.6 Å². The Morgan fingerprint density at radius 1 is 1.18 bits per heavy atom. The Bertz CT molecular complexity index is 747. The molecule has 0 spiro atoms. The van der Waals surface area contributed by atoms with E-state index in [-0.39, 0.29) is 24.0 Å². The van der Waals surface area contributed by atoms with E-state index in [1.54, 1.807) is 0 Å². The number of aliphatic imine (C=N–C) groups is 1. The smallest absolute Gasteiger partial charge is 0.193 e. The number of hydrogen-bond donors (Lipinski definition) is 1. The van der Waals surface area contributed by atoms with Gasteiger partial charge in [0.15, 0.2) is 5.96 Å². The second-order valence-electron chi connectivity index (χ2n) is 6.85. The van der Waals surface area contributed by atoms with Gasteiger partial charge >= 0.3 is 0 Å². The van der Waals surface area contributed by atoms with Crippen molar-refractivity contribution in [2.24, 2.45) is 12.0 Å². The molecule has 1 N–H and O–H groups in total. The van der Waals surface area contributed by atoms with Gasteiger partial charge in [0.25, 0.3) is 0 Å². The summed E-state index contributed by atoms with van der Waals surface area (Å²) in [6.07, 6.45) is 9.40. The van der Waals surface area contributed by atoms with Crippen LogP contribution in [0.15, 0.2) is 53.8 Å². The molecule has 1 aromatic heterocycles. The lowest BCUT2D eigenvalue weighted by Crippen LogP contribution is -2.52. The normalized spacial score (nSPS) is 15.6. The van der Waals surface area contributed by atoms with E-state index in [2.05, 4.69) is 67.8 Å². The number of aryl methyl sites for hydroxylation is 1. The highest BCUT2D eigenvalue weighted by Gasteiger charge is 2.18. The van der Waals surface area contributed by atoms with Gasteiger partial charge < -0.3 is 10.2 Å². The fourth-order valence-electron chi connectivity index (χ4n) is 3.30. The van der Waals surface area contributed by atoms with Gasteiger partial charge in [-0.2, -0.15) is 5.10 Å². The maximum Gasteiger partial charge on any atom is 0.193 e. The molecule has 0 unspecified atom stereocenters. The summed E-state index contributed by atoms with van der Waals surface area (Å²) in [7, 11) is 3.81. The topological polar surface area (TPSA) is 48.7 Å². The number of aromatic nitrogens is 2. The highest BCUT2D eigenvalue weighted by Crippen LogP contribution is 2.05. The van der Waals surface area contributed by atoms with Crippen LogP contribution in [0.1, 0.15) is 11.1 Å². The number of hydrogen-bond acceptors (Lipinski definition) is 3. The van der Waals surface area contributed by atoms with E-state index in [0.29, 0.717) is 0 Å². The van der Waals surface area contributed by atoms with Crippen LogP contribution in [0.4, 0.5) is 0 Å². The molecule has 2 aromatic rings. The zero-order chi connectivity index (χ0) is 18.9. The van der Waals surface area contributed by atoms with Crippen LogP contribution in [-0.4, -0.2) is 71.9 Å². The van der Waals surface area contributed by atoms with E-state index in [0.717, 1.165) is 51.6 Å². The number of nitrogens with one attached hydrogen (secondary N) is 1.